The summed E-state index contributed by atoms with van der Waals surface area (Å²) in [5.41, 5.74) is 3.00. The van der Waals surface area contributed by atoms with Crippen molar-refractivity contribution in [2.45, 2.75) is 19.4 Å². The quantitative estimate of drug-likeness (QED) is 0.701. The van der Waals surface area contributed by atoms with Gasteiger partial charge in [-0.1, -0.05) is 29.8 Å². The van der Waals surface area contributed by atoms with Crippen molar-refractivity contribution in [1.82, 2.24) is 20.1 Å². The maximum absolute atomic E-state index is 12.0. The van der Waals surface area contributed by atoms with Crippen molar-refractivity contribution in [3.05, 3.63) is 77.3 Å². The van der Waals surface area contributed by atoms with Crippen molar-refractivity contribution < 1.29 is 4.79 Å². The maximum Gasteiger partial charge on any atom is 0.220 e. The van der Waals surface area contributed by atoms with Crippen molar-refractivity contribution in [2.75, 3.05) is 0 Å². The van der Waals surface area contributed by atoms with Gasteiger partial charge in [-0.15, -0.1) is 0 Å². The molecule has 0 atom stereocenters. The Labute approximate surface area is 145 Å². The summed E-state index contributed by atoms with van der Waals surface area (Å²) in [5, 5.41) is 7.60. The molecule has 1 amide bonds. The molecule has 3 aromatic rings. The first kappa shape index (κ1) is 16.2. The Morgan fingerprint density at radius 3 is 2.83 bits per heavy atom. The van der Waals surface area contributed by atoms with Gasteiger partial charge in [-0.3, -0.25) is 4.79 Å². The number of pyridine rings is 1. The molecule has 5 nitrogen and oxygen atoms in total. The van der Waals surface area contributed by atoms with Crippen molar-refractivity contribution in [3.63, 3.8) is 0 Å². The van der Waals surface area contributed by atoms with E-state index in [0.29, 0.717) is 24.5 Å². The molecule has 0 aliphatic rings. The molecule has 6 heteroatoms. The number of halogens is 1. The van der Waals surface area contributed by atoms with Crippen molar-refractivity contribution in [1.29, 1.82) is 0 Å². The SMILES string of the molecule is O=C(CCc1ccc(Cl)nc1)NCc1cccc(-n2cccn2)c1. The third-order valence-corrected chi connectivity index (χ3v) is 3.82. The fourth-order valence-electron chi connectivity index (χ4n) is 2.33. The van der Waals surface area contributed by atoms with Crippen LogP contribution < -0.4 is 5.32 Å². The number of rotatable bonds is 6. The molecule has 0 saturated carbocycles. The van der Waals surface area contributed by atoms with Crippen LogP contribution in [-0.2, 0) is 17.8 Å². The Hall–Kier alpha value is -2.66. The second kappa shape index (κ2) is 7.75. The summed E-state index contributed by atoms with van der Waals surface area (Å²) in [4.78, 5) is 16.0. The maximum atomic E-state index is 12.0. The number of aromatic nitrogens is 3. The molecule has 0 aliphatic carbocycles. The molecule has 24 heavy (non-hydrogen) atoms. The number of carbonyl (C=O) groups is 1. The largest absolute Gasteiger partial charge is 0.352 e. The topological polar surface area (TPSA) is 59.8 Å². The summed E-state index contributed by atoms with van der Waals surface area (Å²) in [7, 11) is 0. The molecule has 0 bridgehead atoms. The van der Waals surface area contributed by atoms with E-state index in [1.165, 1.54) is 0 Å². The monoisotopic (exact) mass is 340 g/mol. The highest BCUT2D eigenvalue weighted by molar-refractivity contribution is 6.29. The molecule has 1 aromatic carbocycles. The van der Waals surface area contributed by atoms with Crippen LogP contribution in [0.2, 0.25) is 5.15 Å². The van der Waals surface area contributed by atoms with E-state index in [1.807, 2.05) is 42.6 Å². The summed E-state index contributed by atoms with van der Waals surface area (Å²) in [6.07, 6.45) is 6.38. The summed E-state index contributed by atoms with van der Waals surface area (Å²) in [6.45, 7) is 0.493. The molecule has 0 spiro atoms. The first-order valence-electron chi connectivity index (χ1n) is 7.67. The molecule has 0 fully saturated rings. The minimum atomic E-state index is 0.00874. The molecule has 0 radical (unpaired) electrons. The van der Waals surface area contributed by atoms with Gasteiger partial charge in [-0.2, -0.15) is 5.10 Å². The zero-order valence-electron chi connectivity index (χ0n) is 13.0. The minimum absolute atomic E-state index is 0.00874. The minimum Gasteiger partial charge on any atom is -0.352 e. The number of benzene rings is 1. The molecular formula is C18H17ClN4O. The summed E-state index contributed by atoms with van der Waals surface area (Å²) in [6, 6.07) is 13.4. The van der Waals surface area contributed by atoms with Crippen LogP contribution in [0.25, 0.3) is 5.69 Å². The standard InChI is InChI=1S/C18H17ClN4O/c19-17-7-5-14(12-20-17)6-8-18(24)21-13-15-3-1-4-16(11-15)23-10-2-9-22-23/h1-5,7,9-12H,6,8,13H2,(H,21,24). The molecule has 2 aromatic heterocycles. The van der Waals surface area contributed by atoms with Gasteiger partial charge in [-0.05, 0) is 41.8 Å². The smallest absolute Gasteiger partial charge is 0.220 e. The molecule has 3 rings (SSSR count). The lowest BCUT2D eigenvalue weighted by Crippen LogP contribution is -2.23. The van der Waals surface area contributed by atoms with Crippen LogP contribution in [0, 0.1) is 0 Å². The van der Waals surface area contributed by atoms with Crippen molar-refractivity contribution in [2.24, 2.45) is 0 Å². The zero-order chi connectivity index (χ0) is 16.8. The van der Waals surface area contributed by atoms with Gasteiger partial charge in [0, 0.05) is 31.6 Å². The van der Waals surface area contributed by atoms with E-state index in [2.05, 4.69) is 15.4 Å². The van der Waals surface area contributed by atoms with Crippen LogP contribution >= 0.6 is 11.6 Å². The average Bonchev–Trinajstić information content (AvgIpc) is 3.14. The van der Waals surface area contributed by atoms with Gasteiger partial charge >= 0.3 is 0 Å². The van der Waals surface area contributed by atoms with Gasteiger partial charge in [0.05, 0.1) is 5.69 Å². The third kappa shape index (κ3) is 4.43. The highest BCUT2D eigenvalue weighted by atomic mass is 35.5. The van der Waals surface area contributed by atoms with Crippen LogP contribution in [-0.4, -0.2) is 20.7 Å². The number of aryl methyl sites for hydroxylation is 1. The van der Waals surface area contributed by atoms with Gasteiger partial charge < -0.3 is 5.32 Å². The fraction of sp³-hybridized carbons (Fsp3) is 0.167. The number of amides is 1. The number of carbonyl (C=O) groups excluding carboxylic acids is 1. The Bertz CT molecular complexity index is 800. The third-order valence-electron chi connectivity index (χ3n) is 3.60. The van der Waals surface area contributed by atoms with Gasteiger partial charge in [0.15, 0.2) is 0 Å². The van der Waals surface area contributed by atoms with Crippen LogP contribution in [0.1, 0.15) is 17.5 Å². The molecule has 0 aliphatic heterocycles. The Balaban J connectivity index is 1.51. The van der Waals surface area contributed by atoms with Crippen LogP contribution in [0.15, 0.2) is 61.1 Å². The number of hydrogen-bond acceptors (Lipinski definition) is 3. The van der Waals surface area contributed by atoms with E-state index in [9.17, 15) is 4.79 Å². The number of nitrogens with zero attached hydrogens (tertiary/aromatic N) is 3. The van der Waals surface area contributed by atoms with E-state index < -0.39 is 0 Å². The number of nitrogens with one attached hydrogen (secondary N) is 1. The van der Waals surface area contributed by atoms with E-state index in [4.69, 9.17) is 11.6 Å². The Morgan fingerprint density at radius 1 is 1.17 bits per heavy atom. The molecule has 2 heterocycles. The molecule has 1 N–H and O–H groups in total. The van der Waals surface area contributed by atoms with Crippen LogP contribution in [0.5, 0.6) is 0 Å². The van der Waals surface area contributed by atoms with E-state index in [-0.39, 0.29) is 5.91 Å². The van der Waals surface area contributed by atoms with Crippen molar-refractivity contribution in [3.8, 4) is 5.69 Å². The van der Waals surface area contributed by atoms with Gasteiger partial charge in [0.25, 0.3) is 0 Å². The van der Waals surface area contributed by atoms with Crippen LogP contribution in [0.4, 0.5) is 0 Å². The lowest BCUT2D eigenvalue weighted by atomic mass is 10.1. The second-order valence-corrected chi connectivity index (χ2v) is 5.77. The van der Waals surface area contributed by atoms with Gasteiger partial charge in [0.1, 0.15) is 5.15 Å². The molecule has 0 unspecified atom stereocenters. The highest BCUT2D eigenvalue weighted by Gasteiger charge is 2.04. The molecular weight excluding hydrogens is 324 g/mol. The van der Waals surface area contributed by atoms with E-state index in [1.54, 1.807) is 23.1 Å². The predicted molar refractivity (Wildman–Crippen MR) is 93.0 cm³/mol. The lowest BCUT2D eigenvalue weighted by Gasteiger charge is -2.08. The first-order valence-corrected chi connectivity index (χ1v) is 8.04. The van der Waals surface area contributed by atoms with E-state index in [0.717, 1.165) is 16.8 Å². The summed E-state index contributed by atoms with van der Waals surface area (Å²) in [5.74, 6) is 0.00874. The lowest BCUT2D eigenvalue weighted by molar-refractivity contribution is -0.121. The fourth-order valence-corrected chi connectivity index (χ4v) is 2.44. The predicted octanol–water partition coefficient (Wildman–Crippen LogP) is 3.17. The summed E-state index contributed by atoms with van der Waals surface area (Å²) < 4.78 is 1.79. The molecule has 0 saturated heterocycles. The van der Waals surface area contributed by atoms with Gasteiger partial charge in [-0.25, -0.2) is 9.67 Å². The number of hydrogen-bond donors (Lipinski definition) is 1. The normalized spacial score (nSPS) is 10.5. The second-order valence-electron chi connectivity index (χ2n) is 5.39. The van der Waals surface area contributed by atoms with Gasteiger partial charge in [0.2, 0.25) is 5.91 Å². The average molecular weight is 341 g/mol. The zero-order valence-corrected chi connectivity index (χ0v) is 13.8. The molecule has 122 valence electrons. The van der Waals surface area contributed by atoms with Crippen molar-refractivity contribution >= 4 is 17.5 Å². The summed E-state index contributed by atoms with van der Waals surface area (Å²) >= 11 is 5.75. The Morgan fingerprint density at radius 2 is 2.08 bits per heavy atom. The van der Waals surface area contributed by atoms with E-state index >= 15 is 0 Å². The van der Waals surface area contributed by atoms with Crippen LogP contribution in [0.3, 0.4) is 0 Å². The highest BCUT2D eigenvalue weighted by Crippen LogP contribution is 2.10. The Kier molecular flexibility index (Phi) is 5.23. The first-order chi connectivity index (χ1) is 11.7.